The minimum absolute atomic E-state index is 0.177. The summed E-state index contributed by atoms with van der Waals surface area (Å²) in [7, 11) is -3.37. The van der Waals surface area contributed by atoms with Crippen LogP contribution in [0.5, 0.6) is 0 Å². The third-order valence-electron chi connectivity index (χ3n) is 1.85. The Balaban J connectivity index is 2.83. The van der Waals surface area contributed by atoms with Gasteiger partial charge in [0.15, 0.2) is 0 Å². The number of rotatable bonds is 5. The van der Waals surface area contributed by atoms with Crippen LogP contribution in [0.1, 0.15) is 11.6 Å². The van der Waals surface area contributed by atoms with Crippen LogP contribution in [0.25, 0.3) is 0 Å². The zero-order valence-corrected chi connectivity index (χ0v) is 10.3. The van der Waals surface area contributed by atoms with Gasteiger partial charge in [0.1, 0.15) is 4.66 Å². The molecule has 0 radical (unpaired) electrons. The molecule has 4 nitrogen and oxygen atoms in total. The predicted molar refractivity (Wildman–Crippen MR) is 62.1 cm³/mol. The van der Waals surface area contributed by atoms with E-state index < -0.39 is 16.1 Å². The molecule has 0 spiro atoms. The molecule has 0 bridgehead atoms. The lowest BCUT2D eigenvalue weighted by molar-refractivity contribution is 0.259. The number of sulfonamides is 1. The second-order valence-corrected chi connectivity index (χ2v) is 6.04. The molecule has 15 heavy (non-hydrogen) atoms. The van der Waals surface area contributed by atoms with Crippen LogP contribution in [0, 0.1) is 0 Å². The molecule has 1 rings (SSSR count). The number of halogens is 1. The molecule has 1 unspecified atom stereocenters. The summed E-state index contributed by atoms with van der Waals surface area (Å²) < 4.78 is 24.8. The van der Waals surface area contributed by atoms with Crippen molar-refractivity contribution < 1.29 is 13.5 Å². The van der Waals surface area contributed by atoms with E-state index in [4.69, 9.17) is 5.11 Å². The highest BCUT2D eigenvalue weighted by atomic mass is 79.9. The average molecular weight is 294 g/mol. The summed E-state index contributed by atoms with van der Waals surface area (Å²) in [6.07, 6.45) is 0. The summed E-state index contributed by atoms with van der Waals surface area (Å²) in [5.41, 5.74) is 0.740. The first-order chi connectivity index (χ1) is 7.09. The van der Waals surface area contributed by atoms with Crippen LogP contribution < -0.4 is 4.72 Å². The summed E-state index contributed by atoms with van der Waals surface area (Å²) in [5.74, 6) is 0. The largest absolute Gasteiger partial charge is 0.394 e. The molecule has 0 aliphatic rings. The highest BCUT2D eigenvalue weighted by molar-refractivity contribution is 9.10. The predicted octanol–water partition coefficient (Wildman–Crippen LogP) is 0.992. The standard InChI is InChI=1S/C9H12BrNO3S/c10-7-15(13,14)11-9(6-12)8-4-2-1-3-5-8/h1-5,9,11-12H,6-7H2. The topological polar surface area (TPSA) is 66.4 Å². The third-order valence-corrected chi connectivity index (χ3v) is 4.59. The van der Waals surface area contributed by atoms with Crippen LogP contribution in [-0.2, 0) is 10.0 Å². The van der Waals surface area contributed by atoms with Gasteiger partial charge in [-0.15, -0.1) is 0 Å². The van der Waals surface area contributed by atoms with Gasteiger partial charge in [-0.1, -0.05) is 46.3 Å². The molecular formula is C9H12BrNO3S. The number of aliphatic hydroxyl groups is 1. The van der Waals surface area contributed by atoms with Crippen molar-refractivity contribution >= 4 is 26.0 Å². The smallest absolute Gasteiger partial charge is 0.222 e. The van der Waals surface area contributed by atoms with Crippen molar-refractivity contribution in [1.29, 1.82) is 0 Å². The van der Waals surface area contributed by atoms with Gasteiger partial charge in [0, 0.05) is 0 Å². The molecule has 84 valence electrons. The number of hydrogen-bond acceptors (Lipinski definition) is 3. The second-order valence-electron chi connectivity index (χ2n) is 2.99. The highest BCUT2D eigenvalue weighted by Gasteiger charge is 2.17. The Labute approximate surface area is 97.5 Å². The van der Waals surface area contributed by atoms with Crippen LogP contribution in [0.2, 0.25) is 0 Å². The molecule has 1 aromatic carbocycles. The van der Waals surface area contributed by atoms with Crippen molar-refractivity contribution in [2.75, 3.05) is 11.3 Å². The van der Waals surface area contributed by atoms with Gasteiger partial charge in [-0.25, -0.2) is 13.1 Å². The van der Waals surface area contributed by atoms with Crippen molar-refractivity contribution in [1.82, 2.24) is 4.72 Å². The molecule has 0 heterocycles. The molecule has 0 aliphatic carbocycles. The molecule has 0 aromatic heterocycles. The van der Waals surface area contributed by atoms with Crippen molar-refractivity contribution in [3.8, 4) is 0 Å². The summed E-state index contributed by atoms with van der Waals surface area (Å²) in [6, 6.07) is 8.35. The van der Waals surface area contributed by atoms with Gasteiger partial charge in [0.25, 0.3) is 0 Å². The van der Waals surface area contributed by atoms with Crippen LogP contribution in [0.4, 0.5) is 0 Å². The monoisotopic (exact) mass is 293 g/mol. The van der Waals surface area contributed by atoms with Gasteiger partial charge >= 0.3 is 0 Å². The maximum absolute atomic E-state index is 11.3. The molecule has 0 saturated heterocycles. The first kappa shape index (κ1) is 12.6. The van der Waals surface area contributed by atoms with E-state index in [9.17, 15) is 8.42 Å². The Kier molecular flexibility index (Phi) is 4.72. The van der Waals surface area contributed by atoms with Gasteiger partial charge in [-0.2, -0.15) is 0 Å². The van der Waals surface area contributed by atoms with Gasteiger partial charge in [0.05, 0.1) is 12.6 Å². The Morgan fingerprint density at radius 2 is 1.93 bits per heavy atom. The normalized spacial score (nSPS) is 13.7. The van der Waals surface area contributed by atoms with Crippen molar-refractivity contribution in [2.24, 2.45) is 0 Å². The van der Waals surface area contributed by atoms with Crippen LogP contribution in [0.15, 0.2) is 30.3 Å². The van der Waals surface area contributed by atoms with Gasteiger partial charge in [0.2, 0.25) is 10.0 Å². The number of benzene rings is 1. The molecule has 1 aromatic rings. The lowest BCUT2D eigenvalue weighted by atomic mass is 10.1. The molecule has 0 fully saturated rings. The van der Waals surface area contributed by atoms with E-state index in [1.165, 1.54) is 0 Å². The van der Waals surface area contributed by atoms with Crippen molar-refractivity contribution in [3.05, 3.63) is 35.9 Å². The summed E-state index contributed by atoms with van der Waals surface area (Å²) in [5, 5.41) is 9.10. The molecular weight excluding hydrogens is 282 g/mol. The fraction of sp³-hybridized carbons (Fsp3) is 0.333. The maximum Gasteiger partial charge on any atom is 0.222 e. The van der Waals surface area contributed by atoms with Crippen LogP contribution >= 0.6 is 15.9 Å². The molecule has 0 aliphatic heterocycles. The Morgan fingerprint density at radius 3 is 2.40 bits per heavy atom. The van der Waals surface area contributed by atoms with Crippen molar-refractivity contribution in [2.45, 2.75) is 6.04 Å². The first-order valence-electron chi connectivity index (χ1n) is 4.31. The van der Waals surface area contributed by atoms with E-state index in [1.807, 2.05) is 6.07 Å². The number of nitrogens with one attached hydrogen (secondary N) is 1. The Hall–Kier alpha value is -0.430. The van der Waals surface area contributed by atoms with Gasteiger partial charge in [-0.05, 0) is 5.56 Å². The summed E-state index contributed by atoms with van der Waals surface area (Å²) in [4.78, 5) is 0. The Bertz CT molecular complexity index is 393. The second kappa shape index (κ2) is 5.60. The van der Waals surface area contributed by atoms with Crippen LogP contribution in [0.3, 0.4) is 0 Å². The zero-order chi connectivity index (χ0) is 11.3. The maximum atomic E-state index is 11.3. The molecule has 1 atom stereocenters. The minimum Gasteiger partial charge on any atom is -0.394 e. The first-order valence-corrected chi connectivity index (χ1v) is 7.08. The van der Waals surface area contributed by atoms with Crippen molar-refractivity contribution in [3.63, 3.8) is 0 Å². The van der Waals surface area contributed by atoms with E-state index in [-0.39, 0.29) is 11.3 Å². The van der Waals surface area contributed by atoms with E-state index in [0.717, 1.165) is 5.56 Å². The zero-order valence-electron chi connectivity index (χ0n) is 7.93. The SMILES string of the molecule is O=S(=O)(CBr)NC(CO)c1ccccc1. The molecule has 2 N–H and O–H groups in total. The molecule has 0 saturated carbocycles. The van der Waals surface area contributed by atoms with E-state index in [1.54, 1.807) is 24.3 Å². The lowest BCUT2D eigenvalue weighted by Crippen LogP contribution is -2.31. The third kappa shape index (κ3) is 3.90. The molecule has 0 amide bonds. The lowest BCUT2D eigenvalue weighted by Gasteiger charge is -2.15. The van der Waals surface area contributed by atoms with E-state index in [0.29, 0.717) is 0 Å². The van der Waals surface area contributed by atoms with E-state index in [2.05, 4.69) is 20.7 Å². The number of aliphatic hydroxyl groups excluding tert-OH is 1. The van der Waals surface area contributed by atoms with Crippen LogP contribution in [-0.4, -0.2) is 24.8 Å². The highest BCUT2D eigenvalue weighted by Crippen LogP contribution is 2.13. The molecule has 6 heteroatoms. The average Bonchev–Trinajstić information content (AvgIpc) is 2.27. The fourth-order valence-corrected chi connectivity index (χ4v) is 2.25. The quantitative estimate of drug-likeness (QED) is 0.796. The van der Waals surface area contributed by atoms with Gasteiger partial charge in [-0.3, -0.25) is 0 Å². The van der Waals surface area contributed by atoms with E-state index >= 15 is 0 Å². The number of alkyl halides is 1. The minimum atomic E-state index is -3.37. The van der Waals surface area contributed by atoms with Gasteiger partial charge < -0.3 is 5.11 Å². The summed E-state index contributed by atoms with van der Waals surface area (Å²) >= 11 is 2.87. The summed E-state index contributed by atoms with van der Waals surface area (Å²) in [6.45, 7) is -0.268. The fourth-order valence-electron chi connectivity index (χ4n) is 1.14. The Morgan fingerprint density at radius 1 is 1.33 bits per heavy atom. The number of hydrogen-bond donors (Lipinski definition) is 2.